The van der Waals surface area contributed by atoms with Gasteiger partial charge in [-0.25, -0.2) is 5.06 Å². The number of likely N-dealkylation sites (N-methyl/N-ethyl adjacent to an activating group) is 1. The molecule has 0 aliphatic rings. The number of amides is 2. The molecule has 152 valence electrons. The Morgan fingerprint density at radius 3 is 2.23 bits per heavy atom. The van der Waals surface area contributed by atoms with Gasteiger partial charge in [0.1, 0.15) is 17.2 Å². The van der Waals surface area contributed by atoms with E-state index < -0.39 is 11.8 Å². The zero-order chi connectivity index (χ0) is 21.5. The zero-order valence-electron chi connectivity index (χ0n) is 16.1. The van der Waals surface area contributed by atoms with Gasteiger partial charge in [-0.2, -0.15) is 0 Å². The minimum atomic E-state index is -0.743. The van der Waals surface area contributed by atoms with Crippen LogP contribution in [-0.4, -0.2) is 29.1 Å². The molecule has 3 aromatic rings. The molecule has 0 saturated heterocycles. The number of ether oxygens (including phenoxy) is 1. The van der Waals surface area contributed by atoms with Crippen LogP contribution >= 0.6 is 15.9 Å². The van der Waals surface area contributed by atoms with Crippen molar-refractivity contribution in [1.29, 1.82) is 0 Å². The number of hydrogen-bond donors (Lipinski definition) is 2. The number of para-hydroxylation sites is 1. The Labute approximate surface area is 182 Å². The summed E-state index contributed by atoms with van der Waals surface area (Å²) >= 11 is 3.43. The third-order valence-corrected chi connectivity index (χ3v) is 4.72. The first-order valence-corrected chi connectivity index (χ1v) is 9.81. The molecule has 0 heterocycles. The third kappa shape index (κ3) is 5.56. The minimum absolute atomic E-state index is 0.0617. The molecular formula is C23H19BrN2O4. The van der Waals surface area contributed by atoms with Crippen molar-refractivity contribution >= 4 is 33.8 Å². The van der Waals surface area contributed by atoms with Crippen LogP contribution in [0.25, 0.3) is 6.08 Å². The van der Waals surface area contributed by atoms with Gasteiger partial charge in [0.25, 0.3) is 11.8 Å². The number of halogens is 1. The summed E-state index contributed by atoms with van der Waals surface area (Å²) in [6.07, 6.45) is 1.48. The SMILES string of the molecule is CN(O)C(=O)C(=Cc1ccc(Oc2ccccc2Br)cc1)NC(=O)c1ccccc1. The summed E-state index contributed by atoms with van der Waals surface area (Å²) in [6, 6.07) is 23.0. The Bertz CT molecular complexity index is 1060. The molecule has 7 heteroatoms. The van der Waals surface area contributed by atoms with E-state index in [1.54, 1.807) is 54.6 Å². The van der Waals surface area contributed by atoms with E-state index in [2.05, 4.69) is 21.2 Å². The van der Waals surface area contributed by atoms with Gasteiger partial charge in [0.2, 0.25) is 0 Å². The fourth-order valence-corrected chi connectivity index (χ4v) is 2.93. The van der Waals surface area contributed by atoms with Crippen LogP contribution in [0.1, 0.15) is 15.9 Å². The molecule has 0 aliphatic carbocycles. The number of hydrogen-bond acceptors (Lipinski definition) is 4. The Morgan fingerprint density at radius 2 is 1.60 bits per heavy atom. The van der Waals surface area contributed by atoms with Crippen molar-refractivity contribution in [2.24, 2.45) is 0 Å². The van der Waals surface area contributed by atoms with Crippen molar-refractivity contribution in [3.8, 4) is 11.5 Å². The van der Waals surface area contributed by atoms with E-state index in [1.807, 2.05) is 24.3 Å². The predicted molar refractivity (Wildman–Crippen MR) is 117 cm³/mol. The van der Waals surface area contributed by atoms with E-state index in [0.717, 1.165) is 4.47 Å². The molecule has 0 aromatic heterocycles. The smallest absolute Gasteiger partial charge is 0.293 e. The summed E-state index contributed by atoms with van der Waals surface area (Å²) < 4.78 is 6.65. The van der Waals surface area contributed by atoms with Crippen LogP contribution < -0.4 is 10.1 Å². The molecule has 3 rings (SSSR count). The van der Waals surface area contributed by atoms with Crippen LogP contribution in [0.4, 0.5) is 0 Å². The lowest BCUT2D eigenvalue weighted by Gasteiger charge is -2.13. The van der Waals surface area contributed by atoms with Crippen molar-refractivity contribution in [3.63, 3.8) is 0 Å². The average Bonchev–Trinajstić information content (AvgIpc) is 2.76. The van der Waals surface area contributed by atoms with Gasteiger partial charge in [-0.05, 0) is 64.0 Å². The monoisotopic (exact) mass is 466 g/mol. The molecule has 0 radical (unpaired) electrons. The van der Waals surface area contributed by atoms with Gasteiger partial charge in [0, 0.05) is 12.6 Å². The largest absolute Gasteiger partial charge is 0.456 e. The third-order valence-electron chi connectivity index (χ3n) is 4.06. The van der Waals surface area contributed by atoms with Crippen molar-refractivity contribution < 1.29 is 19.5 Å². The summed E-state index contributed by atoms with van der Waals surface area (Å²) in [5.74, 6) is 0.0898. The second-order valence-corrected chi connectivity index (χ2v) is 7.16. The lowest BCUT2D eigenvalue weighted by Crippen LogP contribution is -2.34. The Morgan fingerprint density at radius 1 is 0.967 bits per heavy atom. The van der Waals surface area contributed by atoms with Crippen LogP contribution in [0.3, 0.4) is 0 Å². The Kier molecular flexibility index (Phi) is 7.00. The van der Waals surface area contributed by atoms with Crippen molar-refractivity contribution in [3.05, 3.63) is 100 Å². The molecular weight excluding hydrogens is 448 g/mol. The number of nitrogens with zero attached hydrogens (tertiary/aromatic N) is 1. The summed E-state index contributed by atoms with van der Waals surface area (Å²) in [5.41, 5.74) is 0.982. The first-order chi connectivity index (χ1) is 14.4. The highest BCUT2D eigenvalue weighted by atomic mass is 79.9. The quantitative estimate of drug-likeness (QED) is 0.308. The van der Waals surface area contributed by atoms with Crippen molar-refractivity contribution in [2.75, 3.05) is 7.05 Å². The molecule has 0 aliphatic heterocycles. The molecule has 0 bridgehead atoms. The average molecular weight is 467 g/mol. The van der Waals surface area contributed by atoms with E-state index in [9.17, 15) is 14.8 Å². The second kappa shape index (κ2) is 9.87. The topological polar surface area (TPSA) is 78.9 Å². The number of hydroxylamine groups is 2. The maximum atomic E-state index is 12.4. The van der Waals surface area contributed by atoms with Gasteiger partial charge >= 0.3 is 0 Å². The molecule has 3 aromatic carbocycles. The van der Waals surface area contributed by atoms with Crippen LogP contribution in [0, 0.1) is 0 Å². The Balaban J connectivity index is 1.81. The van der Waals surface area contributed by atoms with Crippen LogP contribution in [0.15, 0.2) is 89.0 Å². The van der Waals surface area contributed by atoms with E-state index in [-0.39, 0.29) is 5.70 Å². The second-order valence-electron chi connectivity index (χ2n) is 6.31. The molecule has 0 saturated carbocycles. The van der Waals surface area contributed by atoms with Crippen LogP contribution in [0.2, 0.25) is 0 Å². The zero-order valence-corrected chi connectivity index (χ0v) is 17.7. The van der Waals surface area contributed by atoms with Crippen molar-refractivity contribution in [2.45, 2.75) is 0 Å². The number of rotatable bonds is 6. The predicted octanol–water partition coefficient (Wildman–Crippen LogP) is 4.86. The van der Waals surface area contributed by atoms with Gasteiger partial charge in [0.05, 0.1) is 4.47 Å². The maximum Gasteiger partial charge on any atom is 0.293 e. The number of benzene rings is 3. The van der Waals surface area contributed by atoms with E-state index in [0.29, 0.717) is 27.7 Å². The molecule has 0 unspecified atom stereocenters. The number of carbonyl (C=O) groups is 2. The first-order valence-electron chi connectivity index (χ1n) is 9.01. The summed E-state index contributed by atoms with van der Waals surface area (Å²) in [5, 5.41) is 12.5. The molecule has 6 nitrogen and oxygen atoms in total. The summed E-state index contributed by atoms with van der Waals surface area (Å²) in [7, 11) is 1.19. The fraction of sp³-hybridized carbons (Fsp3) is 0.0435. The molecule has 0 fully saturated rings. The molecule has 30 heavy (non-hydrogen) atoms. The lowest BCUT2D eigenvalue weighted by molar-refractivity contribution is -0.154. The van der Waals surface area contributed by atoms with Crippen LogP contribution in [0.5, 0.6) is 11.5 Å². The number of nitrogens with one attached hydrogen (secondary N) is 1. The fourth-order valence-electron chi connectivity index (χ4n) is 2.56. The maximum absolute atomic E-state index is 12.4. The summed E-state index contributed by atoms with van der Waals surface area (Å²) in [6.45, 7) is 0. The van der Waals surface area contributed by atoms with E-state index in [4.69, 9.17) is 4.74 Å². The highest BCUT2D eigenvalue weighted by molar-refractivity contribution is 9.10. The molecule has 2 amide bonds. The summed E-state index contributed by atoms with van der Waals surface area (Å²) in [4.78, 5) is 24.8. The first kappa shape index (κ1) is 21.3. The highest BCUT2D eigenvalue weighted by Crippen LogP contribution is 2.29. The van der Waals surface area contributed by atoms with Crippen molar-refractivity contribution in [1.82, 2.24) is 10.4 Å². The number of carbonyl (C=O) groups excluding carboxylic acids is 2. The standard InChI is InChI=1S/C23H19BrN2O4/c1-26(29)23(28)20(25-22(27)17-7-3-2-4-8-17)15-16-11-13-18(14-12-16)30-21-10-6-5-9-19(21)24/h2-15,29H,1H3,(H,25,27). The van der Waals surface area contributed by atoms with E-state index >= 15 is 0 Å². The van der Waals surface area contributed by atoms with Crippen LogP contribution in [-0.2, 0) is 4.79 Å². The van der Waals surface area contributed by atoms with Gasteiger partial charge in [0.15, 0.2) is 0 Å². The van der Waals surface area contributed by atoms with Gasteiger partial charge in [-0.3, -0.25) is 14.8 Å². The normalized spacial score (nSPS) is 11.0. The Hall–Kier alpha value is -3.42. The molecule has 0 atom stereocenters. The van der Waals surface area contributed by atoms with Gasteiger partial charge < -0.3 is 10.1 Å². The minimum Gasteiger partial charge on any atom is -0.456 e. The highest BCUT2D eigenvalue weighted by Gasteiger charge is 2.17. The van der Waals surface area contributed by atoms with E-state index in [1.165, 1.54) is 13.1 Å². The molecule has 2 N–H and O–H groups in total. The van der Waals surface area contributed by atoms with Gasteiger partial charge in [-0.1, -0.05) is 42.5 Å². The van der Waals surface area contributed by atoms with Gasteiger partial charge in [-0.15, -0.1) is 0 Å². The lowest BCUT2D eigenvalue weighted by atomic mass is 10.1. The molecule has 0 spiro atoms.